The van der Waals surface area contributed by atoms with Crippen molar-refractivity contribution >= 4 is 82.5 Å². The number of nitrogens with zero attached hydrogens (tertiary/aromatic N) is 8. The number of amides is 12. The van der Waals surface area contributed by atoms with E-state index >= 15 is 9.59 Å². The molecule has 3 unspecified atom stereocenters. The molecule has 4 saturated carbocycles. The van der Waals surface area contributed by atoms with Crippen LogP contribution < -0.4 is 21.3 Å². The van der Waals surface area contributed by atoms with Crippen molar-refractivity contribution in [1.82, 2.24) is 60.5 Å². The number of carbonyl (C=O) groups excluding carboxylic acids is 12. The quantitative estimate of drug-likeness (QED) is 0.194. The Morgan fingerprint density at radius 2 is 1.27 bits per heavy atom. The van der Waals surface area contributed by atoms with Crippen molar-refractivity contribution in [3.05, 3.63) is 0 Å². The van der Waals surface area contributed by atoms with Gasteiger partial charge >= 0.3 is 6.18 Å². The van der Waals surface area contributed by atoms with Crippen LogP contribution in [0.3, 0.4) is 0 Å². The SMILES string of the molecule is CC[C@H](C)[C@@H]1NC(=O)[C@H](CC(C)C)N(C)C(=O)C[C@@H](C(=O)N(C)C)N(C)C(=O)[C@H](C2CCCC2)N(C)C(=O)C2(CCCC2)NC(=O)[C@H](C)NC(=O)[C@H](CCC2CCC(C(F)(F)F)C(Cl)C2)NC(=O)CN(C)C(=O)[C@H](CC2CCCCC2)N(C)C(=O)[C@@H]2CCN2C(=O)[C@H](C)N(C)C1=O. The number of hydrogen-bond acceptors (Lipinski definition) is 12. The first kappa shape index (κ1) is 79.7. The highest BCUT2D eigenvalue weighted by atomic mass is 35.5. The molecule has 6 fully saturated rings. The number of nitrogens with one attached hydrogen (secondary N) is 4. The third-order valence-electron chi connectivity index (χ3n) is 22.2. The van der Waals surface area contributed by atoms with Crippen LogP contribution in [0.25, 0.3) is 0 Å². The minimum absolute atomic E-state index is 0.0139. The van der Waals surface area contributed by atoms with Gasteiger partial charge in [0.15, 0.2) is 0 Å². The van der Waals surface area contributed by atoms with E-state index in [9.17, 15) is 61.1 Å². The summed E-state index contributed by atoms with van der Waals surface area (Å²) in [6, 6.07) is -11.1. The monoisotopic (exact) mass is 1390 g/mol. The van der Waals surface area contributed by atoms with Gasteiger partial charge in [-0.3, -0.25) is 57.5 Å². The van der Waals surface area contributed by atoms with Crippen LogP contribution in [0, 0.1) is 35.5 Å². The second kappa shape index (κ2) is 34.7. The van der Waals surface area contributed by atoms with E-state index in [4.69, 9.17) is 11.6 Å². The zero-order valence-electron chi connectivity index (χ0n) is 59.9. The van der Waals surface area contributed by atoms with Crippen molar-refractivity contribution in [2.45, 2.75) is 261 Å². The maximum absolute atomic E-state index is 15.4. The Morgan fingerprint density at radius 3 is 1.82 bits per heavy atom. The second-order valence-electron chi connectivity index (χ2n) is 29.7. The van der Waals surface area contributed by atoms with Gasteiger partial charge < -0.3 is 60.5 Å². The average Bonchev–Trinajstić information content (AvgIpc) is 1.76. The van der Waals surface area contributed by atoms with E-state index in [0.717, 1.165) is 49.8 Å². The summed E-state index contributed by atoms with van der Waals surface area (Å²) >= 11 is 6.35. The zero-order valence-corrected chi connectivity index (χ0v) is 60.7. The van der Waals surface area contributed by atoms with Crippen LogP contribution >= 0.6 is 11.6 Å². The Kier molecular flexibility index (Phi) is 28.5. The van der Waals surface area contributed by atoms with Crippen LogP contribution in [-0.4, -0.2) is 251 Å². The van der Waals surface area contributed by atoms with Crippen LogP contribution in [0.1, 0.15) is 189 Å². The van der Waals surface area contributed by atoms with Gasteiger partial charge in [-0.05, 0) is 120 Å². The van der Waals surface area contributed by atoms with Gasteiger partial charge in [-0.25, -0.2) is 0 Å². The first-order chi connectivity index (χ1) is 45.5. The summed E-state index contributed by atoms with van der Waals surface area (Å²) in [5.41, 5.74) is -1.58. The molecule has 0 aromatic rings. The molecule has 2 aliphatic heterocycles. The van der Waals surface area contributed by atoms with Crippen LogP contribution in [0.2, 0.25) is 0 Å². The van der Waals surface area contributed by atoms with Crippen molar-refractivity contribution < 1.29 is 70.7 Å². The highest BCUT2D eigenvalue weighted by Crippen LogP contribution is 2.44. The van der Waals surface area contributed by atoms with Gasteiger partial charge in [0.05, 0.1) is 18.9 Å². The van der Waals surface area contributed by atoms with E-state index in [1.165, 1.54) is 105 Å². The lowest BCUT2D eigenvalue weighted by molar-refractivity contribution is -0.182. The van der Waals surface area contributed by atoms with Gasteiger partial charge in [0.25, 0.3) is 0 Å². The fourth-order valence-corrected chi connectivity index (χ4v) is 16.0. The van der Waals surface area contributed by atoms with Crippen molar-refractivity contribution in [2.24, 2.45) is 35.5 Å². The van der Waals surface area contributed by atoms with Gasteiger partial charge in [-0.2, -0.15) is 13.2 Å². The molecule has 97 heavy (non-hydrogen) atoms. The summed E-state index contributed by atoms with van der Waals surface area (Å²) in [5, 5.41) is 10.0. The zero-order chi connectivity index (χ0) is 72.3. The minimum atomic E-state index is -4.51. The molecule has 0 aromatic carbocycles. The molecule has 4 aliphatic carbocycles. The van der Waals surface area contributed by atoms with Crippen LogP contribution in [0.4, 0.5) is 13.2 Å². The van der Waals surface area contributed by atoms with Crippen LogP contribution in [0.5, 0.6) is 0 Å². The molecular formula is C69H112ClF3N12O12. The molecule has 13 atom stereocenters. The van der Waals surface area contributed by atoms with Gasteiger partial charge in [-0.1, -0.05) is 91.9 Å². The largest absolute Gasteiger partial charge is 0.393 e. The first-order valence-corrected chi connectivity index (χ1v) is 35.9. The van der Waals surface area contributed by atoms with Gasteiger partial charge in [0.1, 0.15) is 59.9 Å². The van der Waals surface area contributed by atoms with Gasteiger partial charge in [0, 0.05) is 68.3 Å². The van der Waals surface area contributed by atoms with Crippen LogP contribution in [0.15, 0.2) is 0 Å². The number of alkyl halides is 4. The Labute approximate surface area is 577 Å². The topological polar surface area (TPSA) is 279 Å². The first-order valence-electron chi connectivity index (χ1n) is 35.5. The fraction of sp³-hybridized carbons (Fsp3) is 0.826. The lowest BCUT2D eigenvalue weighted by Gasteiger charge is -2.45. The lowest BCUT2D eigenvalue weighted by atomic mass is 9.79. The Hall–Kier alpha value is -6.28. The van der Waals surface area contributed by atoms with Gasteiger partial charge in [0.2, 0.25) is 70.9 Å². The van der Waals surface area contributed by atoms with Crippen molar-refractivity contribution in [2.75, 3.05) is 69.5 Å². The van der Waals surface area contributed by atoms with Crippen LogP contribution in [-0.2, 0) is 57.5 Å². The fourth-order valence-electron chi connectivity index (χ4n) is 15.4. The van der Waals surface area contributed by atoms with Crippen molar-refractivity contribution in [3.8, 4) is 0 Å². The van der Waals surface area contributed by atoms with E-state index in [-0.39, 0.29) is 88.5 Å². The summed E-state index contributed by atoms with van der Waals surface area (Å²) in [7, 11) is 11.6. The highest BCUT2D eigenvalue weighted by Gasteiger charge is 2.52. The summed E-state index contributed by atoms with van der Waals surface area (Å²) in [5.74, 6) is -11.0. The van der Waals surface area contributed by atoms with E-state index in [2.05, 4.69) is 21.3 Å². The molecule has 28 heteroatoms. The average molecular weight is 1390 g/mol. The molecule has 2 saturated heterocycles. The number of likely N-dealkylation sites (N-methyl/N-ethyl adjacent to an activating group) is 7. The lowest BCUT2D eigenvalue weighted by Crippen LogP contribution is -2.65. The molecule has 12 amide bonds. The maximum atomic E-state index is 15.4. The Bertz CT molecular complexity index is 2830. The van der Waals surface area contributed by atoms with Crippen molar-refractivity contribution in [1.29, 1.82) is 0 Å². The molecule has 548 valence electrons. The normalized spacial score (nSPS) is 30.9. The molecule has 4 N–H and O–H groups in total. The molecule has 0 bridgehead atoms. The summed E-state index contributed by atoms with van der Waals surface area (Å²) < 4.78 is 41.8. The smallest absolute Gasteiger partial charge is 0.347 e. The van der Waals surface area contributed by atoms with Crippen molar-refractivity contribution in [3.63, 3.8) is 0 Å². The third kappa shape index (κ3) is 19.6. The summed E-state index contributed by atoms with van der Waals surface area (Å²) in [6.45, 7) is 9.79. The predicted octanol–water partition coefficient (Wildman–Crippen LogP) is 5.21. The predicted molar refractivity (Wildman–Crippen MR) is 358 cm³/mol. The standard InChI is InChI=1S/C69H112ClF3N12O12/c1-15-41(4)56-65(95)80(10)43(6)61(91)85-34-31-50(85)64(94)82(12)52(37-44-23-17-16-18-24-44)63(93)79(9)39-54(86)75-49(30-28-45-27-29-47(48(70)36-45)69(71,72)73)59(89)74-42(5)58(88)77-68(32-21-22-33-68)67(97)84(14)57(46-25-19-20-26-46)66(96)83(13)53(62(92)78(7)8)38-55(87)81(11)51(35-40(2)3)60(90)76-56/h40-53,56-57H,15-39H2,1-14H3,(H,74,89)(H,75,86)(H,76,90)(H,77,88)/t41-,42-,43-,45?,47?,48?,49-,50-,51-,52-,53-,56-,57-/m0/s1. The summed E-state index contributed by atoms with van der Waals surface area (Å²) in [6.07, 6.45) is 4.13. The Balaban J connectivity index is 1.40. The molecular weight excluding hydrogens is 1280 g/mol. The number of rotatable bonds is 11. The number of fused-ring (bicyclic) bond motifs is 1. The summed E-state index contributed by atoms with van der Waals surface area (Å²) in [4.78, 5) is 187. The van der Waals surface area contributed by atoms with E-state index in [1.807, 2.05) is 20.8 Å². The molecule has 0 aromatic heterocycles. The molecule has 24 nitrogen and oxygen atoms in total. The molecule has 1 spiro atoms. The second-order valence-corrected chi connectivity index (χ2v) is 30.3. The number of carbonyl (C=O) groups is 12. The minimum Gasteiger partial charge on any atom is -0.347 e. The van der Waals surface area contributed by atoms with Gasteiger partial charge in [-0.15, -0.1) is 11.6 Å². The number of halogens is 4. The molecule has 2 heterocycles. The van der Waals surface area contributed by atoms with E-state index in [0.29, 0.717) is 32.1 Å². The third-order valence-corrected chi connectivity index (χ3v) is 22.7. The Morgan fingerprint density at radius 1 is 0.649 bits per heavy atom. The number of hydrogen-bond donors (Lipinski definition) is 4. The molecule has 6 rings (SSSR count). The molecule has 6 aliphatic rings. The maximum Gasteiger partial charge on any atom is 0.393 e. The molecule has 0 radical (unpaired) electrons. The van der Waals surface area contributed by atoms with E-state index in [1.54, 1.807) is 6.92 Å². The highest BCUT2D eigenvalue weighted by molar-refractivity contribution is 6.21. The van der Waals surface area contributed by atoms with E-state index < -0.39 is 173 Å².